The van der Waals surface area contributed by atoms with Crippen molar-refractivity contribution in [2.24, 2.45) is 5.10 Å². The third kappa shape index (κ3) is 5.86. The van der Waals surface area contributed by atoms with E-state index in [0.717, 1.165) is 22.5 Å². The molecule has 0 saturated heterocycles. The summed E-state index contributed by atoms with van der Waals surface area (Å²) in [5.41, 5.74) is 5.01. The van der Waals surface area contributed by atoms with Gasteiger partial charge in [0.25, 0.3) is 11.8 Å². The molecule has 0 radical (unpaired) electrons. The highest BCUT2D eigenvalue weighted by Gasteiger charge is 2.16. The van der Waals surface area contributed by atoms with Crippen molar-refractivity contribution in [1.29, 1.82) is 0 Å². The van der Waals surface area contributed by atoms with Crippen molar-refractivity contribution in [3.8, 4) is 16.2 Å². The molecule has 4 rings (SSSR count). The van der Waals surface area contributed by atoms with Gasteiger partial charge in [-0.1, -0.05) is 23.7 Å². The summed E-state index contributed by atoms with van der Waals surface area (Å²) < 4.78 is 0.665. The Morgan fingerprint density at radius 3 is 2.40 bits per heavy atom. The minimum absolute atomic E-state index is 0.0754. The van der Waals surface area contributed by atoms with Crippen LogP contribution in [-0.2, 0) is 6.54 Å². The molecular weight excluding hydrogens is 508 g/mol. The Morgan fingerprint density at radius 1 is 1.06 bits per heavy atom. The van der Waals surface area contributed by atoms with Gasteiger partial charge in [-0.2, -0.15) is 9.83 Å². The second kappa shape index (κ2) is 10.7. The maximum Gasteiger partial charge on any atom is 0.281 e. The van der Waals surface area contributed by atoms with Gasteiger partial charge in [0.1, 0.15) is 5.75 Å². The van der Waals surface area contributed by atoms with E-state index in [4.69, 9.17) is 11.6 Å². The number of rotatable bonds is 7. The maximum atomic E-state index is 12.5. The van der Waals surface area contributed by atoms with Crippen molar-refractivity contribution < 1.29 is 19.4 Å². The van der Waals surface area contributed by atoms with Gasteiger partial charge < -0.3 is 15.6 Å². The molecule has 4 aromatic rings. The normalized spacial score (nSPS) is 11.3. The van der Waals surface area contributed by atoms with Crippen molar-refractivity contribution in [3.63, 3.8) is 0 Å². The molecule has 0 atom stereocenters. The molecule has 0 fully saturated rings. The number of carbonyl (C=O) groups excluding carboxylic acids is 2. The summed E-state index contributed by atoms with van der Waals surface area (Å²) >= 11 is 8.32. The first-order chi connectivity index (χ1) is 16.8. The predicted molar refractivity (Wildman–Crippen MR) is 137 cm³/mol. The Balaban J connectivity index is 1.38. The fourth-order valence-corrected chi connectivity index (χ4v) is 5.03. The Bertz CT molecular complexity index is 1400. The number of pyridine rings is 1. The number of thiophene rings is 2. The van der Waals surface area contributed by atoms with Crippen LogP contribution in [0.5, 0.6) is 5.75 Å². The number of benzene rings is 1. The zero-order valence-corrected chi connectivity index (χ0v) is 20.7. The Hall–Kier alpha value is -3.73. The van der Waals surface area contributed by atoms with Gasteiger partial charge in [0, 0.05) is 29.1 Å². The molecule has 1 aromatic carbocycles. The maximum absolute atomic E-state index is 12.5. The third-order valence-corrected chi connectivity index (χ3v) is 7.32. The van der Waals surface area contributed by atoms with Gasteiger partial charge in [-0.15, -0.1) is 22.7 Å². The summed E-state index contributed by atoms with van der Waals surface area (Å²) in [7, 11) is 0. The smallest absolute Gasteiger partial charge is 0.281 e. The standard InChI is InChI=1S/C24H19ClN4O4S2/c1-14(18-13-34-22(21(18)30)16-2-4-17(25)5-3-16)27-28-24(32)20-7-6-19(35-20)23(31)26-12-15-8-10-29(33)11-9-15/h2-11,13,30H,12H2,1H3,(H,26,31)(H,28,32)/b27-14+. The number of hydrogen-bond donors (Lipinski definition) is 3. The van der Waals surface area contributed by atoms with Gasteiger partial charge >= 0.3 is 0 Å². The summed E-state index contributed by atoms with van der Waals surface area (Å²) in [6.07, 6.45) is 2.71. The molecule has 11 heteroatoms. The lowest BCUT2D eigenvalue weighted by Gasteiger charge is -2.04. The third-order valence-electron chi connectivity index (χ3n) is 4.96. The molecule has 3 aromatic heterocycles. The molecule has 35 heavy (non-hydrogen) atoms. The SMILES string of the molecule is C/C(=N\NC(=O)c1ccc(C(=O)NCc2cc[n+]([O-])cc2)s1)c1csc(-c2ccc(Cl)cc2)c1O. The molecule has 0 spiro atoms. The number of aromatic hydroxyl groups is 1. The Kier molecular flexibility index (Phi) is 7.45. The van der Waals surface area contributed by atoms with Crippen LogP contribution in [0.1, 0.15) is 37.4 Å². The fourth-order valence-electron chi connectivity index (χ4n) is 3.08. The Labute approximate surface area is 213 Å². The van der Waals surface area contributed by atoms with Crippen LogP contribution in [0.15, 0.2) is 71.4 Å². The molecule has 3 N–H and O–H groups in total. The van der Waals surface area contributed by atoms with Crippen LogP contribution in [0.2, 0.25) is 5.02 Å². The molecule has 3 heterocycles. The summed E-state index contributed by atoms with van der Waals surface area (Å²) in [5.74, 6) is -0.721. The molecule has 0 aliphatic heterocycles. The van der Waals surface area contributed by atoms with Gasteiger partial charge in [-0.25, -0.2) is 5.43 Å². The minimum Gasteiger partial charge on any atom is -0.619 e. The van der Waals surface area contributed by atoms with Crippen LogP contribution in [0.3, 0.4) is 0 Å². The van der Waals surface area contributed by atoms with Crippen LogP contribution in [-0.4, -0.2) is 22.6 Å². The number of hydrazone groups is 1. The van der Waals surface area contributed by atoms with E-state index in [-0.39, 0.29) is 18.2 Å². The van der Waals surface area contributed by atoms with E-state index >= 15 is 0 Å². The number of amides is 2. The molecule has 8 nitrogen and oxygen atoms in total. The highest BCUT2D eigenvalue weighted by molar-refractivity contribution is 7.16. The lowest BCUT2D eigenvalue weighted by Crippen LogP contribution is -2.26. The van der Waals surface area contributed by atoms with Crippen molar-refractivity contribution in [1.82, 2.24) is 10.7 Å². The van der Waals surface area contributed by atoms with Gasteiger partial charge in [-0.05, 0) is 42.3 Å². The van der Waals surface area contributed by atoms with E-state index in [9.17, 15) is 19.9 Å². The highest BCUT2D eigenvalue weighted by atomic mass is 35.5. The van der Waals surface area contributed by atoms with Crippen molar-refractivity contribution in [2.45, 2.75) is 13.5 Å². The number of nitrogens with one attached hydrogen (secondary N) is 2. The lowest BCUT2D eigenvalue weighted by molar-refractivity contribution is -0.605. The number of nitrogens with zero attached hydrogens (tertiary/aromatic N) is 2. The van der Waals surface area contributed by atoms with Crippen LogP contribution in [0.4, 0.5) is 0 Å². The lowest BCUT2D eigenvalue weighted by atomic mass is 10.1. The zero-order chi connectivity index (χ0) is 24.9. The van der Waals surface area contributed by atoms with Crippen molar-refractivity contribution in [3.05, 3.63) is 97.4 Å². The molecule has 2 amide bonds. The van der Waals surface area contributed by atoms with Crippen LogP contribution in [0.25, 0.3) is 10.4 Å². The van der Waals surface area contributed by atoms with E-state index in [1.165, 1.54) is 23.7 Å². The second-order valence-electron chi connectivity index (χ2n) is 7.38. The number of aromatic nitrogens is 1. The predicted octanol–water partition coefficient (Wildman–Crippen LogP) is 4.55. The highest BCUT2D eigenvalue weighted by Crippen LogP contribution is 2.39. The van der Waals surface area contributed by atoms with Crippen LogP contribution in [0, 0.1) is 5.21 Å². The fraction of sp³-hybridized carbons (Fsp3) is 0.0833. The van der Waals surface area contributed by atoms with Gasteiger partial charge in [0.15, 0.2) is 12.4 Å². The number of halogens is 1. The van der Waals surface area contributed by atoms with Crippen molar-refractivity contribution in [2.75, 3.05) is 0 Å². The largest absolute Gasteiger partial charge is 0.619 e. The van der Waals surface area contributed by atoms with E-state index in [1.54, 1.807) is 48.7 Å². The van der Waals surface area contributed by atoms with Gasteiger partial charge in [0.05, 0.1) is 25.9 Å². The quantitative estimate of drug-likeness (QED) is 0.142. The molecule has 178 valence electrons. The second-order valence-corrected chi connectivity index (χ2v) is 9.78. The van der Waals surface area contributed by atoms with E-state index < -0.39 is 5.91 Å². The Morgan fingerprint density at radius 2 is 1.71 bits per heavy atom. The molecule has 0 saturated carbocycles. The first-order valence-electron chi connectivity index (χ1n) is 10.3. The number of hydrogen-bond acceptors (Lipinski definition) is 7. The molecular formula is C24H19ClN4O4S2. The van der Waals surface area contributed by atoms with Gasteiger partial charge in [-0.3, -0.25) is 9.59 Å². The first kappa shape index (κ1) is 24.4. The van der Waals surface area contributed by atoms with Crippen LogP contribution < -0.4 is 15.5 Å². The summed E-state index contributed by atoms with van der Waals surface area (Å²) in [4.78, 5) is 26.3. The average molecular weight is 527 g/mol. The topological polar surface area (TPSA) is 118 Å². The first-order valence-corrected chi connectivity index (χ1v) is 12.4. The van der Waals surface area contributed by atoms with Crippen molar-refractivity contribution >= 4 is 51.8 Å². The summed E-state index contributed by atoms with van der Waals surface area (Å²) in [6, 6.07) is 13.5. The zero-order valence-electron chi connectivity index (χ0n) is 18.3. The van der Waals surface area contributed by atoms with E-state index in [1.807, 2.05) is 12.1 Å². The monoisotopic (exact) mass is 526 g/mol. The number of carbonyl (C=O) groups is 2. The molecule has 0 aliphatic carbocycles. The summed E-state index contributed by atoms with van der Waals surface area (Å²) in [6.45, 7) is 1.93. The van der Waals surface area contributed by atoms with E-state index in [0.29, 0.717) is 35.7 Å². The van der Waals surface area contributed by atoms with Gasteiger partial charge in [0.2, 0.25) is 0 Å². The summed E-state index contributed by atoms with van der Waals surface area (Å²) in [5, 5.41) is 31.0. The average Bonchev–Trinajstić information content (AvgIpc) is 3.50. The van der Waals surface area contributed by atoms with Crippen LogP contribution >= 0.6 is 34.3 Å². The minimum atomic E-state index is -0.468. The van der Waals surface area contributed by atoms with E-state index in [2.05, 4.69) is 15.8 Å². The molecule has 0 aliphatic rings. The molecule has 0 bridgehead atoms. The molecule has 0 unspecified atom stereocenters.